The molecule has 3 aromatic heterocycles. The maximum absolute atomic E-state index is 12.7. The van der Waals surface area contributed by atoms with Gasteiger partial charge in [0.2, 0.25) is 5.65 Å². The van der Waals surface area contributed by atoms with Gasteiger partial charge in [-0.1, -0.05) is 13.0 Å². The second-order valence-corrected chi connectivity index (χ2v) is 10.4. The number of carbonyl (C=O) groups is 1. The highest BCUT2D eigenvalue weighted by Gasteiger charge is 2.25. The van der Waals surface area contributed by atoms with E-state index in [1.54, 1.807) is 20.0 Å². The van der Waals surface area contributed by atoms with E-state index in [-0.39, 0.29) is 12.0 Å². The third-order valence-electron chi connectivity index (χ3n) is 7.07. The molecular weight excluding hydrogens is 456 g/mol. The minimum absolute atomic E-state index is 0.137. The molecule has 3 heterocycles. The molecule has 0 aliphatic heterocycles. The van der Waals surface area contributed by atoms with Gasteiger partial charge in [0.25, 0.3) is 5.91 Å². The van der Waals surface area contributed by atoms with E-state index in [2.05, 4.69) is 27.4 Å². The van der Waals surface area contributed by atoms with Gasteiger partial charge in [0.05, 0.1) is 17.4 Å². The Hall–Kier alpha value is -3.46. The number of ether oxygens (including phenoxy) is 1. The fourth-order valence-electron chi connectivity index (χ4n) is 4.88. The summed E-state index contributed by atoms with van der Waals surface area (Å²) in [6, 6.07) is 5.82. The van der Waals surface area contributed by atoms with Gasteiger partial charge in [0.1, 0.15) is 17.3 Å². The number of hydrogen-bond donors (Lipinski definition) is 2. The summed E-state index contributed by atoms with van der Waals surface area (Å²) in [7, 11) is 0. The second kappa shape index (κ2) is 9.20. The van der Waals surface area contributed by atoms with Crippen molar-refractivity contribution in [2.24, 2.45) is 5.92 Å². The van der Waals surface area contributed by atoms with Gasteiger partial charge in [0, 0.05) is 24.5 Å². The number of benzene rings is 1. The Morgan fingerprint density at radius 1 is 1.14 bits per heavy atom. The van der Waals surface area contributed by atoms with Crippen molar-refractivity contribution in [2.45, 2.75) is 72.0 Å². The summed E-state index contributed by atoms with van der Waals surface area (Å²) in [5.41, 5.74) is 2.70. The van der Waals surface area contributed by atoms with E-state index in [0.29, 0.717) is 29.4 Å². The average molecular weight is 491 g/mol. The predicted molar refractivity (Wildman–Crippen MR) is 137 cm³/mol. The second-order valence-electron chi connectivity index (χ2n) is 10.4. The van der Waals surface area contributed by atoms with Crippen molar-refractivity contribution >= 4 is 17.2 Å². The molecule has 1 saturated carbocycles. The third kappa shape index (κ3) is 4.43. The minimum Gasteiger partial charge on any atom is -0.490 e. The topological polar surface area (TPSA) is 106 Å². The smallest absolute Gasteiger partial charge is 0.271 e. The zero-order chi connectivity index (χ0) is 25.6. The molecule has 2 N–H and O–H groups in total. The highest BCUT2D eigenvalue weighted by Crippen LogP contribution is 2.37. The van der Waals surface area contributed by atoms with Crippen LogP contribution in [0.15, 0.2) is 30.6 Å². The first kappa shape index (κ1) is 24.2. The Balaban J connectivity index is 1.72. The summed E-state index contributed by atoms with van der Waals surface area (Å²) in [6.45, 7) is 10.1. The normalized spacial score (nSPS) is 18.6. The molecule has 36 heavy (non-hydrogen) atoms. The lowest BCUT2D eigenvalue weighted by molar-refractivity contribution is 0.0784. The number of rotatable bonds is 6. The van der Waals surface area contributed by atoms with Crippen LogP contribution in [0.25, 0.3) is 22.6 Å². The van der Waals surface area contributed by atoms with Crippen molar-refractivity contribution in [1.29, 1.82) is 0 Å². The van der Waals surface area contributed by atoms with Crippen molar-refractivity contribution in [3.05, 3.63) is 47.7 Å². The van der Waals surface area contributed by atoms with E-state index in [1.165, 1.54) is 0 Å². The molecule has 0 bridgehead atoms. The van der Waals surface area contributed by atoms with Gasteiger partial charge in [-0.3, -0.25) is 13.6 Å². The lowest BCUT2D eigenvalue weighted by Gasteiger charge is -2.28. The number of carbonyl (C=O) groups excluding carboxylic acids is 1. The molecule has 1 amide bonds. The van der Waals surface area contributed by atoms with Gasteiger partial charge in [-0.25, -0.2) is 4.98 Å². The molecule has 5 rings (SSSR count). The maximum atomic E-state index is 12.7. The van der Waals surface area contributed by atoms with Crippen LogP contribution in [0.2, 0.25) is 0 Å². The quantitative estimate of drug-likeness (QED) is 0.418. The van der Waals surface area contributed by atoms with Crippen LogP contribution in [-0.2, 0) is 5.60 Å². The number of imidazole rings is 1. The average Bonchev–Trinajstić information content (AvgIpc) is 3.44. The molecule has 9 nitrogen and oxygen atoms in total. The van der Waals surface area contributed by atoms with Crippen LogP contribution in [0, 0.1) is 12.8 Å². The lowest BCUT2D eigenvalue weighted by atomic mass is 9.89. The fraction of sp³-hybridized carbons (Fsp3) is 0.481. The number of aliphatic hydroxyl groups is 1. The number of aromatic nitrogens is 5. The zero-order valence-electron chi connectivity index (χ0n) is 21.6. The van der Waals surface area contributed by atoms with Crippen LogP contribution in [-0.4, -0.2) is 47.6 Å². The van der Waals surface area contributed by atoms with Crippen LogP contribution in [0.4, 0.5) is 0 Å². The van der Waals surface area contributed by atoms with E-state index in [9.17, 15) is 9.90 Å². The zero-order valence-corrected chi connectivity index (χ0v) is 21.6. The number of fused-ring (bicyclic) bond motifs is 3. The van der Waals surface area contributed by atoms with Gasteiger partial charge in [-0.15, -0.1) is 10.2 Å². The molecule has 0 unspecified atom stereocenters. The van der Waals surface area contributed by atoms with Crippen LogP contribution in [0.3, 0.4) is 0 Å². The molecule has 0 radical (unpaired) electrons. The van der Waals surface area contributed by atoms with Crippen LogP contribution in [0.1, 0.15) is 75.3 Å². The third-order valence-corrected chi connectivity index (χ3v) is 7.07. The predicted octanol–water partition coefficient (Wildman–Crippen LogP) is 4.29. The minimum atomic E-state index is -1.04. The van der Waals surface area contributed by atoms with E-state index in [4.69, 9.17) is 4.74 Å². The Morgan fingerprint density at radius 2 is 1.89 bits per heavy atom. The van der Waals surface area contributed by atoms with Crippen LogP contribution < -0.4 is 10.1 Å². The van der Waals surface area contributed by atoms with Crippen LogP contribution >= 0.6 is 0 Å². The van der Waals surface area contributed by atoms with Crippen molar-refractivity contribution in [1.82, 2.24) is 29.3 Å². The Kier molecular flexibility index (Phi) is 6.20. The fourth-order valence-corrected chi connectivity index (χ4v) is 4.88. The number of amides is 1. The number of hydrogen-bond acceptors (Lipinski definition) is 6. The largest absolute Gasteiger partial charge is 0.490 e. The van der Waals surface area contributed by atoms with Crippen molar-refractivity contribution in [3.63, 3.8) is 0 Å². The molecule has 1 aliphatic carbocycles. The monoisotopic (exact) mass is 490 g/mol. The number of nitrogens with zero attached hydrogens (tertiary/aromatic N) is 5. The molecule has 1 fully saturated rings. The van der Waals surface area contributed by atoms with Gasteiger partial charge >= 0.3 is 0 Å². The Labute approximate surface area is 210 Å². The molecule has 1 aromatic carbocycles. The summed E-state index contributed by atoms with van der Waals surface area (Å²) in [5, 5.41) is 22.2. The summed E-state index contributed by atoms with van der Waals surface area (Å²) in [6.07, 6.45) is 8.13. The Bertz CT molecular complexity index is 1420. The van der Waals surface area contributed by atoms with Crippen molar-refractivity contribution in [3.8, 4) is 17.0 Å². The molecule has 0 spiro atoms. The van der Waals surface area contributed by atoms with Crippen LogP contribution in [0.5, 0.6) is 5.75 Å². The molecular formula is C27H34N6O3. The molecule has 0 saturated heterocycles. The summed E-state index contributed by atoms with van der Waals surface area (Å²) < 4.78 is 10.3. The first-order valence-corrected chi connectivity index (χ1v) is 12.7. The standard InChI is InChI=1S/C27H34N6O3/c1-6-28-26(34)21-14-33-22(15-32-17(3)30-31-25(32)24(33)29-21)20-13-18(27(4,5)35)9-12-23(20)36-19-10-7-16(2)8-11-19/h9,12-16,19,35H,6-8,10-11H2,1-5H3,(H,28,34). The summed E-state index contributed by atoms with van der Waals surface area (Å²) in [4.78, 5) is 17.3. The molecule has 190 valence electrons. The first-order valence-electron chi connectivity index (χ1n) is 12.7. The SMILES string of the molecule is CCNC(=O)c1cn2c(-c3cc(C(C)(C)O)ccc3OC3CCC(C)CC3)cn3c(C)nnc3c2n1. The number of aryl methyl sites for hydroxylation is 1. The van der Waals surface area contributed by atoms with Crippen molar-refractivity contribution in [2.75, 3.05) is 6.54 Å². The highest BCUT2D eigenvalue weighted by molar-refractivity contribution is 5.94. The highest BCUT2D eigenvalue weighted by atomic mass is 16.5. The number of nitrogens with one attached hydrogen (secondary N) is 1. The van der Waals surface area contributed by atoms with Gasteiger partial charge in [-0.05, 0) is 77.0 Å². The summed E-state index contributed by atoms with van der Waals surface area (Å²) >= 11 is 0. The van der Waals surface area contributed by atoms with Gasteiger partial charge < -0.3 is 15.2 Å². The van der Waals surface area contributed by atoms with E-state index < -0.39 is 5.60 Å². The maximum Gasteiger partial charge on any atom is 0.271 e. The molecule has 9 heteroatoms. The molecule has 0 atom stereocenters. The van der Waals surface area contributed by atoms with Crippen molar-refractivity contribution < 1.29 is 14.6 Å². The molecule has 1 aliphatic rings. The van der Waals surface area contributed by atoms with E-state index in [1.807, 2.05) is 47.0 Å². The molecule has 4 aromatic rings. The first-order chi connectivity index (χ1) is 17.2. The Morgan fingerprint density at radius 3 is 2.58 bits per heavy atom. The van der Waals surface area contributed by atoms with E-state index >= 15 is 0 Å². The van der Waals surface area contributed by atoms with Gasteiger partial charge in [-0.2, -0.15) is 0 Å². The summed E-state index contributed by atoms with van der Waals surface area (Å²) in [5.74, 6) is 1.92. The lowest BCUT2D eigenvalue weighted by Crippen LogP contribution is -2.23. The van der Waals surface area contributed by atoms with Gasteiger partial charge in [0.15, 0.2) is 5.65 Å². The van der Waals surface area contributed by atoms with E-state index in [0.717, 1.165) is 54.2 Å².